The zero-order chi connectivity index (χ0) is 23.4. The fourth-order valence-corrected chi connectivity index (χ4v) is 3.13. The Morgan fingerprint density at radius 2 is 1.97 bits per heavy atom. The first kappa shape index (κ1) is 25.6. The number of carbonyl (C=O) groups excluding carboxylic acids is 1. The minimum Gasteiger partial charge on any atom is -0.478 e. The lowest BCUT2D eigenvalue weighted by atomic mass is 10.1. The number of nitriles is 2. The van der Waals surface area contributed by atoms with Gasteiger partial charge in [0.05, 0.1) is 18.8 Å². The highest BCUT2D eigenvalue weighted by atomic mass is 32.1. The number of carboxylic acid groups (broad SMARTS) is 2. The third-order valence-corrected chi connectivity index (χ3v) is 4.97. The van der Waals surface area contributed by atoms with Gasteiger partial charge in [-0.2, -0.15) is 10.5 Å². The predicted molar refractivity (Wildman–Crippen MR) is 112 cm³/mol. The van der Waals surface area contributed by atoms with E-state index in [2.05, 4.69) is 21.7 Å². The number of anilines is 1. The summed E-state index contributed by atoms with van der Waals surface area (Å²) in [7, 11) is 0. The number of hydrogen-bond acceptors (Lipinski definition) is 9. The summed E-state index contributed by atoms with van der Waals surface area (Å²) in [4.78, 5) is 37.7. The molecule has 0 radical (unpaired) electrons. The molecule has 31 heavy (non-hydrogen) atoms. The molecule has 12 heteroatoms. The number of amides is 1. The van der Waals surface area contributed by atoms with Crippen molar-refractivity contribution in [1.82, 2.24) is 15.2 Å². The lowest BCUT2D eigenvalue weighted by Crippen LogP contribution is -2.50. The van der Waals surface area contributed by atoms with Crippen LogP contribution in [-0.2, 0) is 14.4 Å². The average Bonchev–Trinajstić information content (AvgIpc) is 3.38. The Hall–Kier alpha value is -3.48. The van der Waals surface area contributed by atoms with E-state index in [1.165, 1.54) is 17.5 Å². The minimum atomic E-state index is -1.26. The van der Waals surface area contributed by atoms with Gasteiger partial charge >= 0.3 is 11.9 Å². The van der Waals surface area contributed by atoms with E-state index in [1.807, 2.05) is 19.9 Å². The first-order chi connectivity index (χ1) is 14.6. The van der Waals surface area contributed by atoms with Crippen LogP contribution in [0.2, 0.25) is 0 Å². The maximum atomic E-state index is 12.2. The van der Waals surface area contributed by atoms with Gasteiger partial charge in [0, 0.05) is 30.8 Å². The number of nitrogens with one attached hydrogen (secondary N) is 2. The number of likely N-dealkylation sites (tertiary alicyclic amines) is 1. The SMILES string of the molecule is CC(C)(CNc1ncc(C#N)s1)NCC(=O)N1CCC[C@H]1C#N.O=C(O)/C=C/C(=O)O. The van der Waals surface area contributed by atoms with Crippen molar-refractivity contribution in [2.24, 2.45) is 0 Å². The summed E-state index contributed by atoms with van der Waals surface area (Å²) in [5.74, 6) is -2.55. The van der Waals surface area contributed by atoms with E-state index >= 15 is 0 Å². The molecular formula is C19H24N6O5S. The van der Waals surface area contributed by atoms with E-state index in [9.17, 15) is 14.4 Å². The summed E-state index contributed by atoms with van der Waals surface area (Å²) in [6.45, 7) is 5.40. The van der Waals surface area contributed by atoms with Gasteiger partial charge in [0.2, 0.25) is 5.91 Å². The molecule has 4 N–H and O–H groups in total. The number of rotatable bonds is 8. The Bertz CT molecular complexity index is 882. The van der Waals surface area contributed by atoms with Gasteiger partial charge in [-0.15, -0.1) is 0 Å². The largest absolute Gasteiger partial charge is 0.478 e. The topological polar surface area (TPSA) is 179 Å². The Balaban J connectivity index is 0.000000512. The summed E-state index contributed by atoms with van der Waals surface area (Å²) < 4.78 is 0. The lowest BCUT2D eigenvalue weighted by molar-refractivity contribution is -0.134. The van der Waals surface area contributed by atoms with E-state index in [1.54, 1.807) is 4.90 Å². The monoisotopic (exact) mass is 448 g/mol. The van der Waals surface area contributed by atoms with Gasteiger partial charge in [-0.1, -0.05) is 11.3 Å². The molecule has 1 aliphatic heterocycles. The van der Waals surface area contributed by atoms with Crippen LogP contribution < -0.4 is 10.6 Å². The maximum absolute atomic E-state index is 12.2. The second-order valence-corrected chi connectivity index (χ2v) is 8.15. The number of carboxylic acids is 2. The molecule has 1 aromatic heterocycles. The molecule has 0 aliphatic carbocycles. The molecule has 2 rings (SSSR count). The molecule has 0 unspecified atom stereocenters. The zero-order valence-corrected chi connectivity index (χ0v) is 18.0. The fourth-order valence-electron chi connectivity index (χ4n) is 2.53. The second-order valence-electron chi connectivity index (χ2n) is 7.12. The van der Waals surface area contributed by atoms with Crippen molar-refractivity contribution in [3.8, 4) is 12.1 Å². The molecule has 1 amide bonds. The molecule has 1 aliphatic rings. The van der Waals surface area contributed by atoms with Crippen LogP contribution in [0.4, 0.5) is 5.13 Å². The van der Waals surface area contributed by atoms with Crippen molar-refractivity contribution in [3.05, 3.63) is 23.2 Å². The predicted octanol–water partition coefficient (Wildman–Crippen LogP) is 1.02. The van der Waals surface area contributed by atoms with Crippen LogP contribution in [0.15, 0.2) is 18.3 Å². The first-order valence-electron chi connectivity index (χ1n) is 9.26. The van der Waals surface area contributed by atoms with E-state index in [0.717, 1.165) is 12.8 Å². The highest BCUT2D eigenvalue weighted by Gasteiger charge is 2.29. The number of thiazole rings is 1. The zero-order valence-electron chi connectivity index (χ0n) is 17.2. The normalized spacial score (nSPS) is 15.5. The first-order valence-corrected chi connectivity index (χ1v) is 10.1. The van der Waals surface area contributed by atoms with Crippen LogP contribution >= 0.6 is 11.3 Å². The summed E-state index contributed by atoms with van der Waals surface area (Å²) >= 11 is 1.30. The van der Waals surface area contributed by atoms with Crippen LogP contribution in [-0.4, -0.2) is 69.2 Å². The van der Waals surface area contributed by atoms with Crippen LogP contribution in [0, 0.1) is 22.7 Å². The van der Waals surface area contributed by atoms with Crippen molar-refractivity contribution < 1.29 is 24.6 Å². The molecule has 2 heterocycles. The molecule has 0 spiro atoms. The Kier molecular flexibility index (Phi) is 10.1. The van der Waals surface area contributed by atoms with E-state index < -0.39 is 11.9 Å². The summed E-state index contributed by atoms with van der Waals surface area (Å²) in [5.41, 5.74) is -0.323. The van der Waals surface area contributed by atoms with Gasteiger partial charge in [0.15, 0.2) is 5.13 Å². The molecule has 0 aromatic carbocycles. The Morgan fingerprint density at radius 1 is 1.32 bits per heavy atom. The van der Waals surface area contributed by atoms with Crippen LogP contribution in [0.5, 0.6) is 0 Å². The number of carbonyl (C=O) groups is 3. The summed E-state index contributed by atoms with van der Waals surface area (Å²) in [5, 5.41) is 40.5. The third-order valence-electron chi connectivity index (χ3n) is 4.11. The van der Waals surface area contributed by atoms with Crippen LogP contribution in [0.3, 0.4) is 0 Å². The fraction of sp³-hybridized carbons (Fsp3) is 0.474. The molecule has 1 aromatic rings. The van der Waals surface area contributed by atoms with Crippen molar-refractivity contribution in [3.63, 3.8) is 0 Å². The maximum Gasteiger partial charge on any atom is 0.328 e. The van der Waals surface area contributed by atoms with E-state index in [-0.39, 0.29) is 24.0 Å². The summed E-state index contributed by atoms with van der Waals surface area (Å²) in [6.07, 6.45) is 4.30. The molecule has 11 nitrogen and oxygen atoms in total. The molecule has 1 saturated heterocycles. The van der Waals surface area contributed by atoms with Crippen molar-refractivity contribution in [2.75, 3.05) is 25.0 Å². The minimum absolute atomic E-state index is 0.0388. The van der Waals surface area contributed by atoms with Crippen LogP contribution in [0.1, 0.15) is 31.6 Å². The highest BCUT2D eigenvalue weighted by molar-refractivity contribution is 7.16. The quantitative estimate of drug-likeness (QED) is 0.419. The summed E-state index contributed by atoms with van der Waals surface area (Å²) in [6, 6.07) is 3.94. The smallest absolute Gasteiger partial charge is 0.328 e. The van der Waals surface area contributed by atoms with Gasteiger partial charge in [-0.05, 0) is 26.7 Å². The Morgan fingerprint density at radius 3 is 2.48 bits per heavy atom. The highest BCUT2D eigenvalue weighted by Crippen LogP contribution is 2.18. The molecule has 1 fully saturated rings. The van der Waals surface area contributed by atoms with Gasteiger partial charge in [0.1, 0.15) is 17.0 Å². The second kappa shape index (κ2) is 12.3. The molecule has 166 valence electrons. The van der Waals surface area contributed by atoms with E-state index in [4.69, 9.17) is 20.7 Å². The van der Waals surface area contributed by atoms with Crippen LogP contribution in [0.25, 0.3) is 0 Å². The van der Waals surface area contributed by atoms with Gasteiger partial charge in [-0.25, -0.2) is 14.6 Å². The van der Waals surface area contributed by atoms with Crippen molar-refractivity contribution in [1.29, 1.82) is 10.5 Å². The molecule has 0 saturated carbocycles. The number of nitrogens with zero attached hydrogens (tertiary/aromatic N) is 4. The average molecular weight is 449 g/mol. The number of aliphatic carboxylic acids is 2. The molecular weight excluding hydrogens is 424 g/mol. The van der Waals surface area contributed by atoms with Crippen molar-refractivity contribution >= 4 is 34.3 Å². The molecule has 0 bridgehead atoms. The van der Waals surface area contributed by atoms with Gasteiger partial charge < -0.3 is 25.7 Å². The van der Waals surface area contributed by atoms with Gasteiger partial charge in [-0.3, -0.25) is 4.79 Å². The third kappa shape index (κ3) is 9.71. The lowest BCUT2D eigenvalue weighted by Gasteiger charge is -2.28. The Labute approximate surface area is 183 Å². The van der Waals surface area contributed by atoms with E-state index in [0.29, 0.717) is 35.3 Å². The number of aromatic nitrogens is 1. The number of hydrogen-bond donors (Lipinski definition) is 4. The van der Waals surface area contributed by atoms with Crippen molar-refractivity contribution in [2.45, 2.75) is 38.3 Å². The standard InChI is InChI=1S/C15H20N6OS.C4H4O4/c1-15(2,10-19-14-18-8-12(7-17)23-14)20-9-13(22)21-5-3-4-11(21)6-16;5-3(6)1-2-4(7)8/h8,11,20H,3-5,9-10H2,1-2H3,(H,18,19);1-2H,(H,5,6)(H,7,8)/b;2-1+/t11-;/m0./s1. The van der Waals surface area contributed by atoms with Gasteiger partial charge in [0.25, 0.3) is 0 Å². The molecule has 1 atom stereocenters.